The summed E-state index contributed by atoms with van der Waals surface area (Å²) in [6.45, 7) is 0. The lowest BCUT2D eigenvalue weighted by Crippen LogP contribution is -2.17. The number of carbonyl (C=O) groups is 1. The maximum absolute atomic E-state index is 13.3. The molecule has 0 aliphatic rings. The van der Waals surface area contributed by atoms with Crippen LogP contribution in [0.25, 0.3) is 0 Å². The average Bonchev–Trinajstić information content (AvgIpc) is 2.42. The number of alkyl halides is 3. The molecule has 0 saturated heterocycles. The summed E-state index contributed by atoms with van der Waals surface area (Å²) in [7, 11) is 0. The number of rotatable bonds is 3. The van der Waals surface area contributed by atoms with E-state index in [-0.39, 0.29) is 12.1 Å². The first-order chi connectivity index (χ1) is 10.3. The molecule has 1 amide bonds. The van der Waals surface area contributed by atoms with Crippen LogP contribution in [0.3, 0.4) is 0 Å². The zero-order valence-electron chi connectivity index (χ0n) is 10.9. The smallest absolute Gasteiger partial charge is 0.324 e. The number of halogens is 5. The fourth-order valence-corrected chi connectivity index (χ4v) is 2.10. The Kier molecular flexibility index (Phi) is 4.65. The maximum atomic E-state index is 13.3. The summed E-state index contributed by atoms with van der Waals surface area (Å²) in [4.78, 5) is 15.6. The van der Waals surface area contributed by atoms with E-state index in [9.17, 15) is 22.4 Å². The molecule has 0 aliphatic heterocycles. The molecule has 2 aromatic rings. The molecule has 1 aromatic carbocycles. The molecule has 22 heavy (non-hydrogen) atoms. The summed E-state index contributed by atoms with van der Waals surface area (Å²) < 4.78 is 51.5. The van der Waals surface area contributed by atoms with E-state index in [1.54, 1.807) is 12.1 Å². The first-order valence-corrected chi connectivity index (χ1v) is 6.41. The fourth-order valence-electron chi connectivity index (χ4n) is 1.79. The van der Waals surface area contributed by atoms with E-state index in [4.69, 9.17) is 11.6 Å². The highest BCUT2D eigenvalue weighted by molar-refractivity contribution is 6.34. The molecular weight excluding hydrogens is 324 g/mol. The Balaban J connectivity index is 2.22. The second-order valence-corrected chi connectivity index (χ2v) is 4.75. The molecule has 1 heterocycles. The van der Waals surface area contributed by atoms with Gasteiger partial charge in [0.2, 0.25) is 5.91 Å². The summed E-state index contributed by atoms with van der Waals surface area (Å²) in [5.74, 6) is -2.09. The summed E-state index contributed by atoms with van der Waals surface area (Å²) in [5.41, 5.74) is -1.33. The number of nitrogens with zero attached hydrogens (tertiary/aromatic N) is 1. The van der Waals surface area contributed by atoms with Crippen molar-refractivity contribution in [1.82, 2.24) is 4.98 Å². The minimum atomic E-state index is -4.95. The molecule has 1 N–H and O–H groups in total. The monoisotopic (exact) mass is 332 g/mol. The van der Waals surface area contributed by atoms with Gasteiger partial charge < -0.3 is 5.32 Å². The van der Waals surface area contributed by atoms with E-state index in [1.807, 2.05) is 0 Å². The highest BCUT2D eigenvalue weighted by Gasteiger charge is 2.37. The molecule has 2 rings (SSSR count). The van der Waals surface area contributed by atoms with Crippen LogP contribution in [0, 0.1) is 5.82 Å². The lowest BCUT2D eigenvalue weighted by atomic mass is 10.1. The Hall–Kier alpha value is -2.15. The van der Waals surface area contributed by atoms with Gasteiger partial charge in [0.15, 0.2) is 0 Å². The van der Waals surface area contributed by atoms with Gasteiger partial charge in [-0.3, -0.25) is 9.78 Å². The van der Waals surface area contributed by atoms with Crippen molar-refractivity contribution in [3.8, 4) is 0 Å². The minimum Gasteiger partial charge on any atom is -0.324 e. The van der Waals surface area contributed by atoms with Crippen LogP contribution in [-0.2, 0) is 17.4 Å². The molecule has 0 unspecified atom stereocenters. The number of amides is 1. The first-order valence-electron chi connectivity index (χ1n) is 6.03. The molecule has 1 aromatic heterocycles. The van der Waals surface area contributed by atoms with Crippen molar-refractivity contribution in [3.05, 3.63) is 58.6 Å². The van der Waals surface area contributed by atoms with Gasteiger partial charge in [-0.05, 0) is 23.8 Å². The van der Waals surface area contributed by atoms with Crippen molar-refractivity contribution in [3.63, 3.8) is 0 Å². The first kappa shape index (κ1) is 16.2. The van der Waals surface area contributed by atoms with Crippen molar-refractivity contribution in [1.29, 1.82) is 0 Å². The van der Waals surface area contributed by atoms with Crippen molar-refractivity contribution in [2.45, 2.75) is 12.6 Å². The second-order valence-electron chi connectivity index (χ2n) is 4.37. The molecule has 116 valence electrons. The van der Waals surface area contributed by atoms with Crippen LogP contribution >= 0.6 is 11.6 Å². The lowest BCUT2D eigenvalue weighted by molar-refractivity contribution is -0.139. The summed E-state index contributed by atoms with van der Waals surface area (Å²) in [6.07, 6.45) is -2.07. The Bertz CT molecular complexity index is 689. The van der Waals surface area contributed by atoms with Gasteiger partial charge in [-0.25, -0.2) is 4.39 Å². The zero-order valence-corrected chi connectivity index (χ0v) is 11.7. The van der Waals surface area contributed by atoms with E-state index in [0.29, 0.717) is 11.6 Å². The second kappa shape index (κ2) is 6.31. The molecule has 0 radical (unpaired) electrons. The number of benzene rings is 1. The molecule has 0 saturated carbocycles. The molecule has 8 heteroatoms. The van der Waals surface area contributed by atoms with Gasteiger partial charge in [0.25, 0.3) is 0 Å². The van der Waals surface area contributed by atoms with E-state index in [1.165, 1.54) is 12.4 Å². The van der Waals surface area contributed by atoms with Crippen LogP contribution in [0.4, 0.5) is 23.2 Å². The van der Waals surface area contributed by atoms with Crippen LogP contribution in [0.1, 0.15) is 11.1 Å². The predicted octanol–water partition coefficient (Wildman–Crippen LogP) is 4.07. The Morgan fingerprint density at radius 1 is 1.27 bits per heavy atom. The Morgan fingerprint density at radius 3 is 2.59 bits per heavy atom. The van der Waals surface area contributed by atoms with Crippen LogP contribution < -0.4 is 5.32 Å². The van der Waals surface area contributed by atoms with Crippen LogP contribution in [-0.4, -0.2) is 10.9 Å². The van der Waals surface area contributed by atoms with E-state index < -0.39 is 28.5 Å². The largest absolute Gasteiger partial charge is 0.420 e. The SMILES string of the molecule is O=C(Cc1cccnc1)Nc1ccc(F)c(C(F)(F)F)c1Cl. The van der Waals surface area contributed by atoms with Crippen molar-refractivity contribution in [2.75, 3.05) is 5.32 Å². The van der Waals surface area contributed by atoms with Gasteiger partial charge in [-0.2, -0.15) is 13.2 Å². The summed E-state index contributed by atoms with van der Waals surface area (Å²) in [6, 6.07) is 4.84. The summed E-state index contributed by atoms with van der Waals surface area (Å²) >= 11 is 5.56. The standard InChI is InChI=1S/C14H9ClF4N2O/c15-13-10(4-3-9(16)12(13)14(17,18)19)21-11(22)6-8-2-1-5-20-7-8/h1-5,7H,6H2,(H,21,22). The molecule has 0 fully saturated rings. The number of hydrogen-bond donors (Lipinski definition) is 1. The van der Waals surface area contributed by atoms with Crippen LogP contribution in [0.15, 0.2) is 36.7 Å². The third kappa shape index (κ3) is 3.73. The molecule has 0 bridgehead atoms. The predicted molar refractivity (Wildman–Crippen MR) is 73.0 cm³/mol. The molecule has 0 spiro atoms. The highest BCUT2D eigenvalue weighted by Crippen LogP contribution is 2.40. The van der Waals surface area contributed by atoms with Crippen molar-refractivity contribution < 1.29 is 22.4 Å². The molecule has 3 nitrogen and oxygen atoms in total. The number of carbonyl (C=O) groups excluding carboxylic acids is 1. The zero-order chi connectivity index (χ0) is 16.3. The molecular formula is C14H9ClF4N2O. The Labute approximate surface area is 127 Å². The number of anilines is 1. The maximum Gasteiger partial charge on any atom is 0.420 e. The quantitative estimate of drug-likeness (QED) is 0.861. The Morgan fingerprint density at radius 2 is 2.00 bits per heavy atom. The van der Waals surface area contributed by atoms with Gasteiger partial charge in [0.05, 0.1) is 17.1 Å². The van der Waals surface area contributed by atoms with Crippen LogP contribution in [0.2, 0.25) is 5.02 Å². The minimum absolute atomic E-state index is 0.0943. The average molecular weight is 333 g/mol. The van der Waals surface area contributed by atoms with E-state index in [0.717, 1.165) is 6.07 Å². The van der Waals surface area contributed by atoms with Crippen molar-refractivity contribution >= 4 is 23.2 Å². The number of hydrogen-bond acceptors (Lipinski definition) is 2. The van der Waals surface area contributed by atoms with E-state index in [2.05, 4.69) is 10.3 Å². The van der Waals surface area contributed by atoms with Gasteiger partial charge in [0, 0.05) is 12.4 Å². The van der Waals surface area contributed by atoms with Gasteiger partial charge in [0.1, 0.15) is 11.4 Å². The third-order valence-corrected chi connectivity index (χ3v) is 3.13. The summed E-state index contributed by atoms with van der Waals surface area (Å²) in [5, 5.41) is 1.35. The number of nitrogens with one attached hydrogen (secondary N) is 1. The van der Waals surface area contributed by atoms with Gasteiger partial charge in [-0.15, -0.1) is 0 Å². The van der Waals surface area contributed by atoms with Gasteiger partial charge in [-0.1, -0.05) is 17.7 Å². The van der Waals surface area contributed by atoms with Crippen LogP contribution in [0.5, 0.6) is 0 Å². The third-order valence-electron chi connectivity index (χ3n) is 2.74. The number of aromatic nitrogens is 1. The topological polar surface area (TPSA) is 42.0 Å². The van der Waals surface area contributed by atoms with Crippen molar-refractivity contribution in [2.24, 2.45) is 0 Å². The molecule has 0 aliphatic carbocycles. The highest BCUT2D eigenvalue weighted by atomic mass is 35.5. The number of pyridine rings is 1. The lowest BCUT2D eigenvalue weighted by Gasteiger charge is -2.14. The molecule has 0 atom stereocenters. The normalized spacial score (nSPS) is 11.3. The van der Waals surface area contributed by atoms with E-state index >= 15 is 0 Å². The van der Waals surface area contributed by atoms with Gasteiger partial charge >= 0.3 is 6.18 Å². The fraction of sp³-hybridized carbons (Fsp3) is 0.143.